The Morgan fingerprint density at radius 3 is 2.71 bits per heavy atom. The fourth-order valence-corrected chi connectivity index (χ4v) is 5.04. The number of carbonyl (C=O) groups excluding carboxylic acids is 2. The van der Waals surface area contributed by atoms with Crippen LogP contribution in [0.15, 0.2) is 30.5 Å². The van der Waals surface area contributed by atoms with Crippen molar-refractivity contribution in [3.8, 4) is 10.6 Å². The summed E-state index contributed by atoms with van der Waals surface area (Å²) < 4.78 is 0. The largest absolute Gasteiger partial charge is 0.355 e. The van der Waals surface area contributed by atoms with Gasteiger partial charge in [0.1, 0.15) is 5.01 Å². The minimum absolute atomic E-state index is 0.0108. The smallest absolute Gasteiger partial charge is 0.227 e. The monoisotopic (exact) mass is 479 g/mol. The van der Waals surface area contributed by atoms with Gasteiger partial charge in [0.15, 0.2) is 0 Å². The molecule has 2 amide bonds. The second kappa shape index (κ2) is 10.7. The van der Waals surface area contributed by atoms with Crippen LogP contribution < -0.4 is 16.0 Å². The molecule has 0 unspecified atom stereocenters. The number of nitrogens with zero attached hydrogens (tertiary/aromatic N) is 4. The van der Waals surface area contributed by atoms with Crippen LogP contribution in [0.4, 0.5) is 17.3 Å². The first-order valence-corrected chi connectivity index (χ1v) is 12.2. The predicted molar refractivity (Wildman–Crippen MR) is 134 cm³/mol. The number of nitrogens with one attached hydrogen (secondary N) is 3. The summed E-state index contributed by atoms with van der Waals surface area (Å²) in [7, 11) is 0. The first-order chi connectivity index (χ1) is 16.4. The van der Waals surface area contributed by atoms with E-state index in [1.807, 2.05) is 30.5 Å². The van der Waals surface area contributed by atoms with Crippen LogP contribution in [0.2, 0.25) is 0 Å². The number of rotatable bonds is 9. The maximum absolute atomic E-state index is 11.3. The number of benzene rings is 1. The van der Waals surface area contributed by atoms with Crippen LogP contribution in [0.1, 0.15) is 37.0 Å². The molecule has 4 rings (SSSR count). The van der Waals surface area contributed by atoms with E-state index in [2.05, 4.69) is 32.8 Å². The molecule has 1 aliphatic rings. The van der Waals surface area contributed by atoms with E-state index in [1.165, 1.54) is 13.8 Å². The summed E-state index contributed by atoms with van der Waals surface area (Å²) in [6, 6.07) is 7.46. The Labute approximate surface area is 203 Å². The van der Waals surface area contributed by atoms with Crippen LogP contribution in [0.5, 0.6) is 0 Å². The van der Waals surface area contributed by atoms with Crippen molar-refractivity contribution < 1.29 is 9.59 Å². The van der Waals surface area contributed by atoms with E-state index >= 15 is 0 Å². The molecule has 0 saturated carbocycles. The zero-order chi connectivity index (χ0) is 24.1. The van der Waals surface area contributed by atoms with Crippen molar-refractivity contribution in [2.45, 2.75) is 40.2 Å². The van der Waals surface area contributed by atoms with Gasteiger partial charge in [0.05, 0.1) is 22.8 Å². The van der Waals surface area contributed by atoms with Crippen LogP contribution in [-0.4, -0.2) is 51.3 Å². The number of hydrogen-bond acceptors (Lipinski definition) is 8. The zero-order valence-corrected chi connectivity index (χ0v) is 20.5. The van der Waals surface area contributed by atoms with Gasteiger partial charge in [0, 0.05) is 44.5 Å². The van der Waals surface area contributed by atoms with Crippen LogP contribution >= 0.6 is 11.3 Å². The molecule has 0 saturated heterocycles. The van der Waals surface area contributed by atoms with E-state index in [0.29, 0.717) is 18.2 Å². The molecule has 10 heteroatoms. The maximum atomic E-state index is 11.3. The summed E-state index contributed by atoms with van der Waals surface area (Å²) in [5.41, 5.74) is 4.65. The molecule has 178 valence electrons. The SMILES string of the molecule is CCN(CCNC(C)=O)Cc1nc2c(s1)-c1nc(Nc3cccc(NC(C)=O)c3)ncc1CC2. The summed E-state index contributed by atoms with van der Waals surface area (Å²) in [6.07, 6.45) is 3.63. The molecule has 0 aliphatic heterocycles. The van der Waals surface area contributed by atoms with Crippen molar-refractivity contribution in [1.29, 1.82) is 0 Å². The topological polar surface area (TPSA) is 112 Å². The van der Waals surface area contributed by atoms with E-state index in [-0.39, 0.29) is 11.8 Å². The lowest BCUT2D eigenvalue weighted by molar-refractivity contribution is -0.119. The molecule has 0 radical (unpaired) electrons. The van der Waals surface area contributed by atoms with Crippen LogP contribution in [0.3, 0.4) is 0 Å². The van der Waals surface area contributed by atoms with E-state index in [9.17, 15) is 9.59 Å². The predicted octanol–water partition coefficient (Wildman–Crippen LogP) is 3.36. The third-order valence-electron chi connectivity index (χ3n) is 5.50. The Morgan fingerprint density at radius 1 is 1.12 bits per heavy atom. The highest BCUT2D eigenvalue weighted by atomic mass is 32.1. The number of thiazole rings is 1. The van der Waals surface area contributed by atoms with Crippen LogP contribution in [0.25, 0.3) is 10.6 Å². The van der Waals surface area contributed by atoms with Gasteiger partial charge < -0.3 is 16.0 Å². The molecule has 1 aliphatic carbocycles. The quantitative estimate of drug-likeness (QED) is 0.431. The highest BCUT2D eigenvalue weighted by Crippen LogP contribution is 2.37. The standard InChI is InChI=1S/C24H29N7O2S/c1-4-31(11-10-25-15(2)32)14-21-29-20-9-8-17-13-26-24(30-22(17)23(20)34-21)28-19-7-5-6-18(12-19)27-16(3)33/h5-7,12-13H,4,8-11,14H2,1-3H3,(H,25,32)(H,27,33)(H,26,28,30). The number of aryl methyl sites for hydroxylation is 2. The number of carbonyl (C=O) groups is 2. The molecule has 1 aromatic carbocycles. The average molecular weight is 480 g/mol. The molecule has 2 aromatic heterocycles. The van der Waals surface area contributed by atoms with Gasteiger partial charge >= 0.3 is 0 Å². The van der Waals surface area contributed by atoms with Gasteiger partial charge in [-0.05, 0) is 43.1 Å². The van der Waals surface area contributed by atoms with Crippen molar-refractivity contribution in [3.05, 3.63) is 46.7 Å². The van der Waals surface area contributed by atoms with Crippen molar-refractivity contribution in [2.75, 3.05) is 30.3 Å². The van der Waals surface area contributed by atoms with Gasteiger partial charge in [-0.25, -0.2) is 15.0 Å². The maximum Gasteiger partial charge on any atom is 0.227 e. The molecule has 3 N–H and O–H groups in total. The van der Waals surface area contributed by atoms with Gasteiger partial charge in [-0.2, -0.15) is 0 Å². The molecule has 0 atom stereocenters. The van der Waals surface area contributed by atoms with Crippen molar-refractivity contribution >= 4 is 40.5 Å². The number of amides is 2. The van der Waals surface area contributed by atoms with Crippen molar-refractivity contribution in [2.24, 2.45) is 0 Å². The minimum Gasteiger partial charge on any atom is -0.355 e. The fraction of sp³-hybridized carbons (Fsp3) is 0.375. The molecule has 0 spiro atoms. The summed E-state index contributed by atoms with van der Waals surface area (Å²) in [5, 5.41) is 9.94. The summed E-state index contributed by atoms with van der Waals surface area (Å²) in [6.45, 7) is 8.17. The van der Waals surface area contributed by atoms with E-state index in [0.717, 1.165) is 65.0 Å². The lowest BCUT2D eigenvalue weighted by Gasteiger charge is -2.18. The van der Waals surface area contributed by atoms with E-state index < -0.39 is 0 Å². The lowest BCUT2D eigenvalue weighted by atomic mass is 10.00. The first-order valence-electron chi connectivity index (χ1n) is 11.4. The van der Waals surface area contributed by atoms with Crippen molar-refractivity contribution in [3.63, 3.8) is 0 Å². The normalized spacial score (nSPS) is 12.1. The number of fused-ring (bicyclic) bond motifs is 3. The summed E-state index contributed by atoms with van der Waals surface area (Å²) >= 11 is 1.68. The Morgan fingerprint density at radius 2 is 1.94 bits per heavy atom. The van der Waals surface area contributed by atoms with Gasteiger partial charge in [0.25, 0.3) is 0 Å². The fourth-order valence-electron chi connectivity index (χ4n) is 3.86. The first kappa shape index (κ1) is 23.8. The number of likely N-dealkylation sites (N-methyl/N-ethyl adjacent to an activating group) is 1. The third-order valence-corrected chi connectivity index (χ3v) is 6.59. The highest BCUT2D eigenvalue weighted by molar-refractivity contribution is 7.15. The van der Waals surface area contributed by atoms with Gasteiger partial charge in [-0.1, -0.05) is 13.0 Å². The van der Waals surface area contributed by atoms with Crippen LogP contribution in [0, 0.1) is 0 Å². The van der Waals surface area contributed by atoms with Gasteiger partial charge in [-0.15, -0.1) is 11.3 Å². The molecule has 0 fully saturated rings. The second-order valence-corrected chi connectivity index (χ2v) is 9.27. The number of anilines is 3. The van der Waals surface area contributed by atoms with Gasteiger partial charge in [0.2, 0.25) is 17.8 Å². The molecule has 9 nitrogen and oxygen atoms in total. The molecular formula is C24H29N7O2S. The Bertz CT molecular complexity index is 1190. The lowest BCUT2D eigenvalue weighted by Crippen LogP contribution is -2.33. The Hall–Kier alpha value is -3.37. The summed E-state index contributed by atoms with van der Waals surface area (Å²) in [4.78, 5) is 40.1. The Balaban J connectivity index is 1.51. The summed E-state index contributed by atoms with van der Waals surface area (Å²) in [5.74, 6) is 0.378. The minimum atomic E-state index is -0.118. The molecule has 34 heavy (non-hydrogen) atoms. The number of hydrogen-bond donors (Lipinski definition) is 3. The molecule has 3 aromatic rings. The van der Waals surface area contributed by atoms with Crippen molar-refractivity contribution in [1.82, 2.24) is 25.2 Å². The van der Waals surface area contributed by atoms with E-state index in [1.54, 1.807) is 11.3 Å². The molecule has 2 heterocycles. The average Bonchev–Trinajstić information content (AvgIpc) is 3.21. The molecule has 0 bridgehead atoms. The highest BCUT2D eigenvalue weighted by Gasteiger charge is 2.23. The zero-order valence-electron chi connectivity index (χ0n) is 19.6. The van der Waals surface area contributed by atoms with Gasteiger partial charge in [-0.3, -0.25) is 14.5 Å². The van der Waals surface area contributed by atoms with E-state index in [4.69, 9.17) is 9.97 Å². The third kappa shape index (κ3) is 5.95. The number of aromatic nitrogens is 3. The molecular weight excluding hydrogens is 450 g/mol. The second-order valence-electron chi connectivity index (χ2n) is 8.19. The Kier molecular flexibility index (Phi) is 7.49. The van der Waals surface area contributed by atoms with Crippen LogP contribution in [-0.2, 0) is 29.0 Å².